The molecule has 4 heterocycles. The Kier molecular flexibility index (Phi) is 10.1. The van der Waals surface area contributed by atoms with Crippen molar-refractivity contribution in [3.63, 3.8) is 0 Å². The molecule has 0 aliphatic carbocycles. The summed E-state index contributed by atoms with van der Waals surface area (Å²) in [4.78, 5) is 4.82. The molecule has 11 rings (SSSR count). The fraction of sp³-hybridized carbons (Fsp3) is 0.250. The lowest BCUT2D eigenvalue weighted by molar-refractivity contribution is -0.401. The van der Waals surface area contributed by atoms with Gasteiger partial charge in [-0.3, -0.25) is 0 Å². The number of hydrogen-bond donors (Lipinski definition) is 0. The number of hydrogen-bond acceptors (Lipinski definition) is 2. The Morgan fingerprint density at radius 2 is 0.809 bits per heavy atom. The van der Waals surface area contributed by atoms with Gasteiger partial charge in [-0.1, -0.05) is 121 Å². The van der Waals surface area contributed by atoms with E-state index in [4.69, 9.17) is 0 Å². The zero-order chi connectivity index (χ0) is 47.3. The van der Waals surface area contributed by atoms with Crippen molar-refractivity contribution < 1.29 is 9.15 Å². The largest absolute Gasteiger partial charge is 0.347 e. The predicted molar refractivity (Wildman–Crippen MR) is 288 cm³/mol. The van der Waals surface area contributed by atoms with E-state index in [0.29, 0.717) is 0 Å². The standard InChI is InChI=1S/C64H64N4/c1-61(2)55(67(9)53-39-37-45-21-11-13-23-47(45)59(53)61)29-19-31-57-63(5,49-25-15-17-27-51(49)65(57)7)41-43-33-35-44(36-34-43)42-64(6)50-26-16-18-28-52(50)66(8)58(64)32-20-30-56-62(3,4)60-48-24-14-12-22-46(48)38-40-54(60)68(56)10/h11-40H,41-42H2,1-10H3/q+2. The van der Waals surface area contributed by atoms with E-state index in [-0.39, 0.29) is 21.7 Å². The third-order valence-corrected chi connectivity index (χ3v) is 16.5. The molecule has 0 saturated heterocycles. The molecule has 4 nitrogen and oxygen atoms in total. The summed E-state index contributed by atoms with van der Waals surface area (Å²) in [6, 6.07) is 54.2. The van der Waals surface area contributed by atoms with Crippen LogP contribution in [0.2, 0.25) is 0 Å². The van der Waals surface area contributed by atoms with Crippen molar-refractivity contribution in [1.29, 1.82) is 0 Å². The smallest absolute Gasteiger partial charge is 0.210 e. The summed E-state index contributed by atoms with van der Waals surface area (Å²) < 4.78 is 4.77. The SMILES string of the molecule is CN1/C(=C\C=C\C2=[N+](C)c3ccc4ccccc4c3C2(C)C)C(C)(Cc2ccc(CC3(C)/C(=C/C=C/C4=[N+](C)c5ccc6ccccc6c5C4(C)C)N(C)c4ccccc43)cc2)c2ccccc21. The van der Waals surface area contributed by atoms with Crippen LogP contribution >= 0.6 is 0 Å². The van der Waals surface area contributed by atoms with Crippen molar-refractivity contribution in [2.75, 3.05) is 38.0 Å². The molecular weight excluding hydrogens is 825 g/mol. The van der Waals surface area contributed by atoms with Gasteiger partial charge in [-0.25, -0.2) is 0 Å². The van der Waals surface area contributed by atoms with Crippen LogP contribution in [-0.2, 0) is 34.5 Å². The van der Waals surface area contributed by atoms with Crippen LogP contribution in [-0.4, -0.2) is 48.8 Å². The van der Waals surface area contributed by atoms with Crippen molar-refractivity contribution >= 4 is 55.7 Å². The van der Waals surface area contributed by atoms with Crippen LogP contribution in [0.1, 0.15) is 74.9 Å². The van der Waals surface area contributed by atoms with Crippen molar-refractivity contribution in [2.24, 2.45) is 0 Å². The Morgan fingerprint density at radius 3 is 1.22 bits per heavy atom. The number of benzene rings is 7. The molecular formula is C64H64N4+2. The topological polar surface area (TPSA) is 12.5 Å². The molecule has 0 aromatic heterocycles. The van der Waals surface area contributed by atoms with Gasteiger partial charge in [-0.05, 0) is 135 Å². The van der Waals surface area contributed by atoms with E-state index in [0.717, 1.165) is 12.8 Å². The molecule has 7 aromatic carbocycles. The first-order chi connectivity index (χ1) is 32.6. The van der Waals surface area contributed by atoms with Crippen LogP contribution in [0.25, 0.3) is 21.5 Å². The molecule has 0 N–H and O–H groups in total. The Labute approximate surface area is 403 Å². The molecule has 4 aliphatic rings. The number of nitrogens with zero attached hydrogens (tertiary/aromatic N) is 4. The number of rotatable bonds is 8. The number of para-hydroxylation sites is 2. The molecule has 2 atom stereocenters. The molecule has 7 aromatic rings. The molecule has 0 fully saturated rings. The quantitative estimate of drug-likeness (QED) is 0.141. The van der Waals surface area contributed by atoms with Crippen molar-refractivity contribution in [3.8, 4) is 0 Å². The molecule has 68 heavy (non-hydrogen) atoms. The highest BCUT2D eigenvalue weighted by Crippen LogP contribution is 2.51. The van der Waals surface area contributed by atoms with Gasteiger partial charge in [0.25, 0.3) is 0 Å². The molecule has 0 saturated carbocycles. The summed E-state index contributed by atoms with van der Waals surface area (Å²) in [5.41, 5.74) is 17.9. The zero-order valence-corrected chi connectivity index (χ0v) is 41.5. The zero-order valence-electron chi connectivity index (χ0n) is 41.5. The van der Waals surface area contributed by atoms with Crippen LogP contribution < -0.4 is 9.80 Å². The van der Waals surface area contributed by atoms with E-state index in [1.54, 1.807) is 0 Å². The second kappa shape index (κ2) is 15.8. The van der Waals surface area contributed by atoms with Crippen molar-refractivity contribution in [3.05, 3.63) is 227 Å². The Balaban J connectivity index is 0.876. The number of fused-ring (bicyclic) bond motifs is 8. The third-order valence-electron chi connectivity index (χ3n) is 16.5. The minimum atomic E-state index is -0.214. The van der Waals surface area contributed by atoms with Gasteiger partial charge >= 0.3 is 0 Å². The van der Waals surface area contributed by atoms with Gasteiger partial charge in [0.2, 0.25) is 11.4 Å². The average Bonchev–Trinajstić information content (AvgIpc) is 3.85. The van der Waals surface area contributed by atoms with Crippen LogP contribution in [0, 0.1) is 0 Å². The van der Waals surface area contributed by atoms with Crippen LogP contribution in [0.3, 0.4) is 0 Å². The van der Waals surface area contributed by atoms with Crippen LogP contribution in [0.4, 0.5) is 22.7 Å². The van der Waals surface area contributed by atoms with E-state index in [9.17, 15) is 0 Å². The Morgan fingerprint density at radius 1 is 0.441 bits per heavy atom. The molecule has 2 unspecified atom stereocenters. The van der Waals surface area contributed by atoms with Gasteiger partial charge in [-0.15, -0.1) is 0 Å². The van der Waals surface area contributed by atoms with Gasteiger partial charge in [-0.2, -0.15) is 9.15 Å². The maximum absolute atomic E-state index is 2.43. The summed E-state index contributed by atoms with van der Waals surface area (Å²) in [6.07, 6.45) is 15.8. The lowest BCUT2D eigenvalue weighted by atomic mass is 9.75. The average molecular weight is 889 g/mol. The van der Waals surface area contributed by atoms with E-state index in [2.05, 4.69) is 271 Å². The van der Waals surface area contributed by atoms with Crippen LogP contribution in [0.5, 0.6) is 0 Å². The Bertz CT molecular complexity index is 3200. The number of allylic oxidation sites excluding steroid dienone is 8. The number of anilines is 2. The highest BCUT2D eigenvalue weighted by Gasteiger charge is 2.47. The maximum atomic E-state index is 2.43. The molecule has 0 radical (unpaired) electrons. The molecule has 338 valence electrons. The molecule has 4 aliphatic heterocycles. The highest BCUT2D eigenvalue weighted by atomic mass is 15.2. The van der Waals surface area contributed by atoms with Crippen molar-refractivity contribution in [2.45, 2.75) is 76.0 Å². The fourth-order valence-corrected chi connectivity index (χ4v) is 13.1. The maximum Gasteiger partial charge on any atom is 0.210 e. The first-order valence-corrected chi connectivity index (χ1v) is 24.4. The molecule has 4 heteroatoms. The summed E-state index contributed by atoms with van der Waals surface area (Å²) in [5.74, 6) is 0. The minimum Gasteiger partial charge on any atom is -0.347 e. The highest BCUT2D eigenvalue weighted by molar-refractivity contribution is 6.08. The van der Waals surface area contributed by atoms with Gasteiger partial charge in [0.15, 0.2) is 11.4 Å². The summed E-state index contributed by atoms with van der Waals surface area (Å²) in [5, 5.41) is 5.26. The predicted octanol–water partition coefficient (Wildman–Crippen LogP) is 14.2. The number of likely N-dealkylation sites (N-methyl/N-ethyl adjacent to an activating group) is 2. The summed E-state index contributed by atoms with van der Waals surface area (Å²) in [6.45, 7) is 14.3. The van der Waals surface area contributed by atoms with Crippen molar-refractivity contribution in [1.82, 2.24) is 0 Å². The second-order valence-corrected chi connectivity index (χ2v) is 21.3. The van der Waals surface area contributed by atoms with Gasteiger partial charge < -0.3 is 9.80 Å². The first kappa shape index (κ1) is 43.5. The molecule has 0 bridgehead atoms. The lowest BCUT2D eigenvalue weighted by Gasteiger charge is -2.30. The first-order valence-electron chi connectivity index (χ1n) is 24.4. The normalized spacial score (nSPS) is 22.5. The Hall–Kier alpha value is -7.04. The summed E-state index contributed by atoms with van der Waals surface area (Å²) in [7, 11) is 8.90. The monoisotopic (exact) mass is 889 g/mol. The van der Waals surface area contributed by atoms with Crippen LogP contribution in [0.15, 0.2) is 193 Å². The van der Waals surface area contributed by atoms with E-state index in [1.165, 1.54) is 100 Å². The van der Waals surface area contributed by atoms with E-state index < -0.39 is 0 Å². The molecule has 0 spiro atoms. The molecule has 0 amide bonds. The van der Waals surface area contributed by atoms with Gasteiger partial charge in [0.1, 0.15) is 14.1 Å². The second-order valence-electron chi connectivity index (χ2n) is 21.3. The summed E-state index contributed by atoms with van der Waals surface area (Å²) >= 11 is 0. The van der Waals surface area contributed by atoms with E-state index >= 15 is 0 Å². The minimum absolute atomic E-state index is 0.137. The van der Waals surface area contributed by atoms with Gasteiger partial charge in [0, 0.05) is 83.1 Å². The fourth-order valence-electron chi connectivity index (χ4n) is 13.1. The third kappa shape index (κ3) is 6.47. The van der Waals surface area contributed by atoms with E-state index in [1.807, 2.05) is 0 Å². The lowest BCUT2D eigenvalue weighted by Crippen LogP contribution is -2.29. The van der Waals surface area contributed by atoms with Gasteiger partial charge in [0.05, 0.1) is 10.8 Å².